The molecule has 0 aliphatic carbocycles. The molecule has 1 aromatic carbocycles. The fourth-order valence-corrected chi connectivity index (χ4v) is 3.38. The maximum absolute atomic E-state index is 11.6. The normalized spacial score (nSPS) is 11.0. The van der Waals surface area contributed by atoms with Crippen molar-refractivity contribution >= 4 is 38.2 Å². The van der Waals surface area contributed by atoms with Gasteiger partial charge in [0.15, 0.2) is 4.96 Å². The smallest absolute Gasteiger partial charge is 0.311 e. The Morgan fingerprint density at radius 3 is 3.10 bits per heavy atom. The lowest BCUT2D eigenvalue weighted by atomic mass is 10.2. The minimum atomic E-state index is -0.213. The largest absolute Gasteiger partial charge is 0.466 e. The van der Waals surface area contributed by atoms with Crippen molar-refractivity contribution in [3.63, 3.8) is 0 Å². The first-order valence-corrected chi connectivity index (χ1v) is 8.21. The zero-order valence-corrected chi connectivity index (χ0v) is 13.8. The number of imidazole rings is 1. The second kappa shape index (κ2) is 5.99. The second-order valence-electron chi connectivity index (χ2n) is 4.50. The number of hydrogen-bond acceptors (Lipinski definition) is 4. The average molecular weight is 365 g/mol. The van der Waals surface area contributed by atoms with Crippen LogP contribution in [0.3, 0.4) is 0 Å². The van der Waals surface area contributed by atoms with Crippen molar-refractivity contribution in [2.24, 2.45) is 0 Å². The van der Waals surface area contributed by atoms with E-state index in [0.29, 0.717) is 6.61 Å². The Morgan fingerprint density at radius 2 is 2.33 bits per heavy atom. The van der Waals surface area contributed by atoms with E-state index in [4.69, 9.17) is 4.74 Å². The Hall–Kier alpha value is -1.66. The molecule has 6 heteroatoms. The molecular formula is C15H13BrN2O2S. The Bertz CT molecular complexity index is 794. The third-order valence-corrected chi connectivity index (χ3v) is 4.42. The van der Waals surface area contributed by atoms with Crippen LogP contribution in [0.25, 0.3) is 16.2 Å². The summed E-state index contributed by atoms with van der Waals surface area (Å²) in [6.45, 7) is 2.21. The molecule has 0 amide bonds. The van der Waals surface area contributed by atoms with Crippen molar-refractivity contribution in [3.8, 4) is 11.3 Å². The van der Waals surface area contributed by atoms with E-state index < -0.39 is 0 Å². The van der Waals surface area contributed by atoms with Crippen molar-refractivity contribution in [2.45, 2.75) is 13.3 Å². The van der Waals surface area contributed by atoms with Crippen LogP contribution < -0.4 is 0 Å². The lowest BCUT2D eigenvalue weighted by Gasteiger charge is -2.00. The lowest BCUT2D eigenvalue weighted by Crippen LogP contribution is -2.08. The van der Waals surface area contributed by atoms with Crippen LogP contribution in [0.15, 0.2) is 40.3 Å². The van der Waals surface area contributed by atoms with Crippen LogP contribution in [-0.4, -0.2) is 22.0 Å². The summed E-state index contributed by atoms with van der Waals surface area (Å²) in [5.41, 5.74) is 2.85. The summed E-state index contributed by atoms with van der Waals surface area (Å²) < 4.78 is 7.97. The molecule has 3 aromatic rings. The third kappa shape index (κ3) is 3.01. The number of hydrogen-bond donors (Lipinski definition) is 0. The van der Waals surface area contributed by atoms with Crippen LogP contribution in [0.5, 0.6) is 0 Å². The number of halogens is 1. The molecule has 0 saturated carbocycles. The predicted octanol–water partition coefficient (Wildman–Crippen LogP) is 3.93. The molecule has 2 aromatic heterocycles. The summed E-state index contributed by atoms with van der Waals surface area (Å²) in [5.74, 6) is -0.213. The molecule has 0 saturated heterocycles. The highest BCUT2D eigenvalue weighted by atomic mass is 79.9. The van der Waals surface area contributed by atoms with Gasteiger partial charge in [-0.2, -0.15) is 0 Å². The summed E-state index contributed by atoms with van der Waals surface area (Å²) in [6, 6.07) is 8.00. The zero-order valence-electron chi connectivity index (χ0n) is 11.4. The van der Waals surface area contributed by atoms with Gasteiger partial charge in [-0.3, -0.25) is 9.20 Å². The van der Waals surface area contributed by atoms with E-state index >= 15 is 0 Å². The molecule has 0 bridgehead atoms. The van der Waals surface area contributed by atoms with E-state index in [9.17, 15) is 4.79 Å². The molecule has 21 heavy (non-hydrogen) atoms. The van der Waals surface area contributed by atoms with Gasteiger partial charge < -0.3 is 4.74 Å². The van der Waals surface area contributed by atoms with E-state index in [2.05, 4.69) is 20.9 Å². The number of carbonyl (C=O) groups excluding carboxylic acids is 1. The molecule has 0 fully saturated rings. The van der Waals surface area contributed by atoms with Gasteiger partial charge in [-0.05, 0) is 19.1 Å². The summed E-state index contributed by atoms with van der Waals surface area (Å²) in [6.07, 6.45) is 2.23. The van der Waals surface area contributed by atoms with Gasteiger partial charge in [-0.15, -0.1) is 11.3 Å². The minimum Gasteiger partial charge on any atom is -0.466 e. The molecule has 108 valence electrons. The van der Waals surface area contributed by atoms with Crippen molar-refractivity contribution < 1.29 is 9.53 Å². The maximum Gasteiger partial charge on any atom is 0.311 e. The fraction of sp³-hybridized carbons (Fsp3) is 0.200. The summed E-state index contributed by atoms with van der Waals surface area (Å²) >= 11 is 4.99. The fourth-order valence-electron chi connectivity index (χ4n) is 2.10. The highest BCUT2D eigenvalue weighted by Gasteiger charge is 2.13. The standard InChI is InChI=1S/C15H13BrN2O2S/c1-2-20-14(19)7-12-9-21-15-17-13(8-18(12)15)10-4-3-5-11(16)6-10/h3-6,8-9H,2,7H2,1H3. The molecule has 0 N–H and O–H groups in total. The van der Waals surface area contributed by atoms with Gasteiger partial charge in [0.25, 0.3) is 0 Å². The maximum atomic E-state index is 11.6. The summed E-state index contributed by atoms with van der Waals surface area (Å²) in [4.78, 5) is 17.1. The molecule has 0 aliphatic heterocycles. The van der Waals surface area contributed by atoms with Crippen LogP contribution >= 0.6 is 27.3 Å². The van der Waals surface area contributed by atoms with E-state index in [1.54, 1.807) is 0 Å². The number of ether oxygens (including phenoxy) is 1. The average Bonchev–Trinajstić information content (AvgIpc) is 3.01. The Balaban J connectivity index is 1.94. The molecule has 4 nitrogen and oxygen atoms in total. The number of thiazole rings is 1. The van der Waals surface area contributed by atoms with Crippen molar-refractivity contribution in [1.29, 1.82) is 0 Å². The highest BCUT2D eigenvalue weighted by Crippen LogP contribution is 2.25. The highest BCUT2D eigenvalue weighted by molar-refractivity contribution is 9.10. The molecule has 3 rings (SSSR count). The molecular weight excluding hydrogens is 352 g/mol. The van der Waals surface area contributed by atoms with Gasteiger partial charge in [0.05, 0.1) is 18.7 Å². The van der Waals surface area contributed by atoms with Gasteiger partial charge >= 0.3 is 5.97 Å². The first-order valence-electron chi connectivity index (χ1n) is 6.54. The van der Waals surface area contributed by atoms with E-state index in [1.165, 1.54) is 11.3 Å². The quantitative estimate of drug-likeness (QED) is 0.658. The van der Waals surface area contributed by atoms with E-state index in [0.717, 1.165) is 26.4 Å². The van der Waals surface area contributed by atoms with Crippen LogP contribution in [0.2, 0.25) is 0 Å². The number of carbonyl (C=O) groups is 1. The number of aromatic nitrogens is 2. The Labute approximate surface area is 134 Å². The van der Waals surface area contributed by atoms with E-state index in [1.807, 2.05) is 47.2 Å². The topological polar surface area (TPSA) is 43.6 Å². The SMILES string of the molecule is CCOC(=O)Cc1csc2nc(-c3cccc(Br)c3)cn12. The number of esters is 1. The van der Waals surface area contributed by atoms with Crippen molar-refractivity contribution in [2.75, 3.05) is 6.61 Å². The molecule has 0 radical (unpaired) electrons. The van der Waals surface area contributed by atoms with E-state index in [-0.39, 0.29) is 12.4 Å². The minimum absolute atomic E-state index is 0.213. The molecule has 0 spiro atoms. The molecule has 0 unspecified atom stereocenters. The zero-order chi connectivity index (χ0) is 14.8. The first-order chi connectivity index (χ1) is 10.2. The predicted molar refractivity (Wildman–Crippen MR) is 86.5 cm³/mol. The monoisotopic (exact) mass is 364 g/mol. The van der Waals surface area contributed by atoms with Crippen molar-refractivity contribution in [3.05, 3.63) is 46.0 Å². The van der Waals surface area contributed by atoms with Gasteiger partial charge in [-0.1, -0.05) is 28.1 Å². The number of benzene rings is 1. The third-order valence-electron chi connectivity index (χ3n) is 3.03. The lowest BCUT2D eigenvalue weighted by molar-refractivity contribution is -0.142. The van der Waals surface area contributed by atoms with Crippen LogP contribution in [0, 0.1) is 0 Å². The number of fused-ring (bicyclic) bond motifs is 1. The Morgan fingerprint density at radius 1 is 1.48 bits per heavy atom. The van der Waals surface area contributed by atoms with Crippen LogP contribution in [-0.2, 0) is 16.0 Å². The molecule has 0 atom stereocenters. The van der Waals surface area contributed by atoms with Crippen LogP contribution in [0.1, 0.15) is 12.6 Å². The molecule has 0 aliphatic rings. The summed E-state index contributed by atoms with van der Waals surface area (Å²) in [5, 5.41) is 1.95. The van der Waals surface area contributed by atoms with Gasteiger partial charge in [0, 0.05) is 27.3 Å². The summed E-state index contributed by atoms with van der Waals surface area (Å²) in [7, 11) is 0. The van der Waals surface area contributed by atoms with Crippen molar-refractivity contribution in [1.82, 2.24) is 9.38 Å². The number of nitrogens with zero attached hydrogens (tertiary/aromatic N) is 2. The van der Waals surface area contributed by atoms with Crippen LogP contribution in [0.4, 0.5) is 0 Å². The van der Waals surface area contributed by atoms with Gasteiger partial charge in [0.2, 0.25) is 0 Å². The number of rotatable bonds is 4. The molecule has 2 heterocycles. The second-order valence-corrected chi connectivity index (χ2v) is 6.25. The first kappa shape index (κ1) is 14.3. The van der Waals surface area contributed by atoms with Gasteiger partial charge in [-0.25, -0.2) is 4.98 Å². The van der Waals surface area contributed by atoms with Gasteiger partial charge in [0.1, 0.15) is 0 Å². The Kier molecular flexibility index (Phi) is 4.07.